The van der Waals surface area contributed by atoms with Crippen molar-refractivity contribution in [1.82, 2.24) is 20.5 Å². The highest BCUT2D eigenvalue weighted by molar-refractivity contribution is 7.10. The lowest BCUT2D eigenvalue weighted by Gasteiger charge is -2.26. The van der Waals surface area contributed by atoms with E-state index in [4.69, 9.17) is 4.74 Å². The number of hydrogen-bond donors (Lipinski definition) is 2. The number of hydrogen-bond acceptors (Lipinski definition) is 5. The summed E-state index contributed by atoms with van der Waals surface area (Å²) in [5.74, 6) is 1.37. The third-order valence-electron chi connectivity index (χ3n) is 5.32. The van der Waals surface area contributed by atoms with Crippen LogP contribution in [0.2, 0.25) is 0 Å². The molecule has 2 aromatic rings. The quantitative estimate of drug-likeness (QED) is 0.675. The Bertz CT molecular complexity index is 740. The zero-order valence-electron chi connectivity index (χ0n) is 16.1. The molecule has 1 saturated carbocycles. The van der Waals surface area contributed by atoms with E-state index < -0.39 is 0 Å². The van der Waals surface area contributed by atoms with Crippen LogP contribution in [0.5, 0.6) is 5.88 Å². The monoisotopic (exact) mass is 400 g/mol. The molecule has 2 aliphatic rings. The van der Waals surface area contributed by atoms with Gasteiger partial charge in [0.1, 0.15) is 0 Å². The fraction of sp³-hybridized carbons (Fsp3) is 0.524. The molecule has 1 atom stereocenters. The van der Waals surface area contributed by atoms with E-state index in [1.54, 1.807) is 17.5 Å². The van der Waals surface area contributed by atoms with Gasteiger partial charge in [0, 0.05) is 30.2 Å². The molecule has 1 saturated heterocycles. The first-order valence-electron chi connectivity index (χ1n) is 10.1. The average Bonchev–Trinajstić information content (AvgIpc) is 3.15. The molecule has 2 aromatic heterocycles. The number of nitrogens with zero attached hydrogens (tertiary/aromatic N) is 2. The number of rotatable bonds is 9. The Morgan fingerprint density at radius 3 is 2.79 bits per heavy atom. The highest BCUT2D eigenvalue weighted by Gasteiger charge is 2.24. The Hall–Kier alpha value is -2.12. The van der Waals surface area contributed by atoms with Gasteiger partial charge in [0.15, 0.2) is 0 Å². The lowest BCUT2D eigenvalue weighted by Crippen LogP contribution is -2.41. The van der Waals surface area contributed by atoms with E-state index in [1.165, 1.54) is 30.6 Å². The predicted octanol–water partition coefficient (Wildman–Crippen LogP) is 3.57. The van der Waals surface area contributed by atoms with Crippen LogP contribution >= 0.6 is 11.3 Å². The zero-order chi connectivity index (χ0) is 19.2. The van der Waals surface area contributed by atoms with E-state index >= 15 is 0 Å². The van der Waals surface area contributed by atoms with Crippen molar-refractivity contribution in [3.8, 4) is 5.88 Å². The molecule has 4 rings (SSSR count). The van der Waals surface area contributed by atoms with Gasteiger partial charge >= 0.3 is 6.03 Å². The van der Waals surface area contributed by atoms with Crippen molar-refractivity contribution in [2.24, 2.45) is 5.92 Å². The third-order valence-corrected chi connectivity index (χ3v) is 6.30. The Kier molecular flexibility index (Phi) is 6.44. The highest BCUT2D eigenvalue weighted by Crippen LogP contribution is 2.29. The summed E-state index contributed by atoms with van der Waals surface area (Å²) in [6.45, 7) is 4.04. The molecule has 3 heterocycles. The minimum atomic E-state index is -0.144. The second-order valence-corrected chi connectivity index (χ2v) is 8.58. The van der Waals surface area contributed by atoms with E-state index in [1.807, 2.05) is 12.1 Å². The summed E-state index contributed by atoms with van der Waals surface area (Å²) >= 11 is 1.76. The first-order valence-corrected chi connectivity index (χ1v) is 11.0. The van der Waals surface area contributed by atoms with Gasteiger partial charge in [0.05, 0.1) is 12.6 Å². The zero-order valence-corrected chi connectivity index (χ0v) is 16.9. The van der Waals surface area contributed by atoms with Gasteiger partial charge in [-0.1, -0.05) is 12.1 Å². The molecule has 28 heavy (non-hydrogen) atoms. The highest BCUT2D eigenvalue weighted by atomic mass is 32.1. The molecule has 1 aliphatic heterocycles. The number of pyridine rings is 1. The summed E-state index contributed by atoms with van der Waals surface area (Å²) in [6.07, 6.45) is 6.77. The van der Waals surface area contributed by atoms with Gasteiger partial charge in [-0.2, -0.15) is 0 Å². The van der Waals surface area contributed by atoms with Gasteiger partial charge < -0.3 is 15.4 Å². The number of amides is 2. The maximum Gasteiger partial charge on any atom is 0.315 e. The van der Waals surface area contributed by atoms with Crippen LogP contribution in [0, 0.1) is 5.92 Å². The summed E-state index contributed by atoms with van der Waals surface area (Å²) in [4.78, 5) is 20.4. The Morgan fingerprint density at radius 2 is 2.11 bits per heavy atom. The number of thiophene rings is 1. The smallest absolute Gasteiger partial charge is 0.315 e. The van der Waals surface area contributed by atoms with Crippen LogP contribution < -0.4 is 15.4 Å². The van der Waals surface area contributed by atoms with Crippen molar-refractivity contribution in [2.75, 3.05) is 26.2 Å². The molecule has 2 fully saturated rings. The summed E-state index contributed by atoms with van der Waals surface area (Å²) in [5, 5.41) is 8.06. The largest absolute Gasteiger partial charge is 0.477 e. The van der Waals surface area contributed by atoms with E-state index in [-0.39, 0.29) is 12.1 Å². The van der Waals surface area contributed by atoms with Gasteiger partial charge in [0.2, 0.25) is 5.88 Å². The molecular weight excluding hydrogens is 372 g/mol. The molecule has 1 aliphatic carbocycles. The summed E-state index contributed by atoms with van der Waals surface area (Å²) in [6, 6.07) is 8.18. The van der Waals surface area contributed by atoms with Crippen LogP contribution in [-0.2, 0) is 6.54 Å². The summed E-state index contributed by atoms with van der Waals surface area (Å²) in [7, 11) is 0. The Labute approximate surface area is 170 Å². The fourth-order valence-corrected chi connectivity index (χ4v) is 4.33. The molecule has 6 nitrogen and oxygen atoms in total. The predicted molar refractivity (Wildman–Crippen MR) is 111 cm³/mol. The first kappa shape index (κ1) is 19.2. The fourth-order valence-electron chi connectivity index (χ4n) is 3.47. The van der Waals surface area contributed by atoms with E-state index in [2.05, 4.69) is 38.0 Å². The van der Waals surface area contributed by atoms with E-state index in [0.29, 0.717) is 24.9 Å². The van der Waals surface area contributed by atoms with Gasteiger partial charge in [-0.15, -0.1) is 11.3 Å². The van der Waals surface area contributed by atoms with Gasteiger partial charge in [-0.05, 0) is 61.7 Å². The van der Waals surface area contributed by atoms with Crippen LogP contribution in [0.15, 0.2) is 35.8 Å². The van der Waals surface area contributed by atoms with Gasteiger partial charge in [0.25, 0.3) is 0 Å². The van der Waals surface area contributed by atoms with Crippen molar-refractivity contribution in [3.63, 3.8) is 0 Å². The minimum absolute atomic E-state index is 0.144. The van der Waals surface area contributed by atoms with Crippen LogP contribution in [-0.4, -0.2) is 42.2 Å². The molecule has 1 unspecified atom stereocenters. The maximum atomic E-state index is 12.3. The molecule has 0 radical (unpaired) electrons. The number of carbonyl (C=O) groups is 1. The Morgan fingerprint density at radius 1 is 1.25 bits per heavy atom. The number of ether oxygens (including phenoxy) is 1. The average molecular weight is 401 g/mol. The van der Waals surface area contributed by atoms with Crippen molar-refractivity contribution >= 4 is 17.4 Å². The van der Waals surface area contributed by atoms with Gasteiger partial charge in [-0.3, -0.25) is 4.90 Å². The first-order chi connectivity index (χ1) is 13.8. The number of carbonyl (C=O) groups excluding carboxylic acids is 1. The molecular formula is C21H28N4O2S. The molecule has 0 spiro atoms. The normalized spacial score (nSPS) is 18.0. The lowest BCUT2D eigenvalue weighted by atomic mass is 10.2. The summed E-state index contributed by atoms with van der Waals surface area (Å²) in [5.41, 5.74) is 0.961. The van der Waals surface area contributed by atoms with Crippen LogP contribution in [0.25, 0.3) is 0 Å². The van der Waals surface area contributed by atoms with Crippen molar-refractivity contribution < 1.29 is 9.53 Å². The van der Waals surface area contributed by atoms with Crippen molar-refractivity contribution in [3.05, 3.63) is 46.3 Å². The van der Waals surface area contributed by atoms with Crippen LogP contribution in [0.4, 0.5) is 4.79 Å². The molecule has 2 N–H and O–H groups in total. The standard InChI is InChI=1S/C21H28N4O2S/c26-21(23-13-17-7-8-20(22-12-17)27-15-16-5-6-16)24-14-18(19-4-3-11-28-19)25-9-1-2-10-25/h3-4,7-8,11-12,16,18H,1-2,5-6,9-10,13-15H2,(H2,23,24,26). The van der Waals surface area contributed by atoms with E-state index in [0.717, 1.165) is 25.3 Å². The number of aromatic nitrogens is 1. The second kappa shape index (κ2) is 9.39. The topological polar surface area (TPSA) is 66.5 Å². The third kappa shape index (κ3) is 5.45. The van der Waals surface area contributed by atoms with Crippen LogP contribution in [0.1, 0.15) is 42.2 Å². The number of nitrogens with one attached hydrogen (secondary N) is 2. The summed E-state index contributed by atoms with van der Waals surface area (Å²) < 4.78 is 5.65. The molecule has 2 amide bonds. The second-order valence-electron chi connectivity index (χ2n) is 7.60. The molecule has 0 bridgehead atoms. The Balaban J connectivity index is 1.22. The SMILES string of the molecule is O=C(NCc1ccc(OCC2CC2)nc1)NCC(c1cccs1)N1CCCC1. The minimum Gasteiger partial charge on any atom is -0.477 e. The van der Waals surface area contributed by atoms with Crippen LogP contribution in [0.3, 0.4) is 0 Å². The molecule has 0 aromatic carbocycles. The van der Waals surface area contributed by atoms with Gasteiger partial charge in [-0.25, -0.2) is 9.78 Å². The van der Waals surface area contributed by atoms with Crippen molar-refractivity contribution in [1.29, 1.82) is 0 Å². The maximum absolute atomic E-state index is 12.3. The lowest BCUT2D eigenvalue weighted by molar-refractivity contribution is 0.222. The molecule has 150 valence electrons. The molecule has 7 heteroatoms. The number of likely N-dealkylation sites (tertiary alicyclic amines) is 1. The van der Waals surface area contributed by atoms with Crippen molar-refractivity contribution in [2.45, 2.75) is 38.3 Å². The number of urea groups is 1. The van der Waals surface area contributed by atoms with E-state index in [9.17, 15) is 4.79 Å².